The molecular formula is C16H16F3N3O3S. The summed E-state index contributed by atoms with van der Waals surface area (Å²) >= 11 is 1.07. The van der Waals surface area contributed by atoms with Crippen molar-refractivity contribution in [2.45, 2.75) is 32.0 Å². The van der Waals surface area contributed by atoms with Gasteiger partial charge in [0.25, 0.3) is 5.91 Å². The van der Waals surface area contributed by atoms with Gasteiger partial charge in [0.15, 0.2) is 0 Å². The summed E-state index contributed by atoms with van der Waals surface area (Å²) < 4.78 is 42.9. The third-order valence-electron chi connectivity index (χ3n) is 4.24. The highest BCUT2D eigenvalue weighted by molar-refractivity contribution is 7.17. The van der Waals surface area contributed by atoms with Crippen molar-refractivity contribution in [2.75, 3.05) is 13.1 Å². The van der Waals surface area contributed by atoms with Gasteiger partial charge in [0.1, 0.15) is 5.69 Å². The quantitative estimate of drug-likeness (QED) is 0.818. The molecule has 0 aliphatic carbocycles. The molecule has 1 aliphatic rings. The van der Waals surface area contributed by atoms with Crippen LogP contribution in [0.2, 0.25) is 0 Å². The molecule has 1 N–H and O–H groups in total. The molecule has 1 atom stereocenters. The van der Waals surface area contributed by atoms with Crippen LogP contribution >= 0.6 is 11.3 Å². The first-order chi connectivity index (χ1) is 12.3. The third kappa shape index (κ3) is 3.59. The zero-order valence-electron chi connectivity index (χ0n) is 13.8. The monoisotopic (exact) mass is 387 g/mol. The molecule has 10 heteroatoms. The Kier molecular flexibility index (Phi) is 5.03. The lowest BCUT2D eigenvalue weighted by Gasteiger charge is -2.32. The van der Waals surface area contributed by atoms with Gasteiger partial charge in [-0.05, 0) is 31.9 Å². The molecule has 0 radical (unpaired) electrons. The predicted molar refractivity (Wildman–Crippen MR) is 87.7 cm³/mol. The number of aromatic nitrogens is 1. The molecule has 0 saturated carbocycles. The number of halogens is 3. The number of nitrogens with zero attached hydrogens (tertiary/aromatic N) is 2. The second kappa shape index (κ2) is 7.10. The first-order valence-electron chi connectivity index (χ1n) is 7.94. The van der Waals surface area contributed by atoms with Crippen molar-refractivity contribution in [3.63, 3.8) is 0 Å². The van der Waals surface area contributed by atoms with Gasteiger partial charge in [0, 0.05) is 24.7 Å². The zero-order valence-corrected chi connectivity index (χ0v) is 14.6. The second-order valence-corrected chi connectivity index (χ2v) is 7.11. The van der Waals surface area contributed by atoms with Crippen LogP contribution in [0.25, 0.3) is 10.6 Å². The fraction of sp³-hybridized carbons (Fsp3) is 0.438. The number of carbonyl (C=O) groups is 2. The average molecular weight is 387 g/mol. The fourth-order valence-electron chi connectivity index (χ4n) is 2.96. The summed E-state index contributed by atoms with van der Waals surface area (Å²) in [5.41, 5.74) is -0.0212. The Morgan fingerprint density at radius 1 is 1.46 bits per heavy atom. The number of likely N-dealkylation sites (tertiary alicyclic amines) is 1. The van der Waals surface area contributed by atoms with Crippen LogP contribution in [0.1, 0.15) is 33.8 Å². The molecule has 0 aromatic carbocycles. The van der Waals surface area contributed by atoms with E-state index in [-0.39, 0.29) is 23.2 Å². The molecule has 26 heavy (non-hydrogen) atoms. The van der Waals surface area contributed by atoms with E-state index in [1.807, 2.05) is 0 Å². The number of nitrogens with one attached hydrogen (secondary N) is 1. The van der Waals surface area contributed by atoms with Crippen LogP contribution in [-0.4, -0.2) is 41.5 Å². The van der Waals surface area contributed by atoms with Crippen molar-refractivity contribution in [1.82, 2.24) is 15.4 Å². The molecule has 2 aromatic heterocycles. The van der Waals surface area contributed by atoms with E-state index in [2.05, 4.69) is 15.0 Å². The van der Waals surface area contributed by atoms with Crippen molar-refractivity contribution in [3.8, 4) is 10.6 Å². The number of rotatable bonds is 4. The third-order valence-corrected chi connectivity index (χ3v) is 5.32. The van der Waals surface area contributed by atoms with Gasteiger partial charge in [-0.2, -0.15) is 13.2 Å². The van der Waals surface area contributed by atoms with E-state index in [4.69, 9.17) is 0 Å². The van der Waals surface area contributed by atoms with Crippen LogP contribution in [0.15, 0.2) is 16.7 Å². The highest BCUT2D eigenvalue weighted by Crippen LogP contribution is 2.38. The second-order valence-electron chi connectivity index (χ2n) is 6.02. The molecule has 3 heterocycles. The number of alkyl halides is 3. The molecule has 140 valence electrons. The Morgan fingerprint density at radius 3 is 2.88 bits per heavy atom. The number of hydrogen-bond acceptors (Lipinski definition) is 5. The molecular weight excluding hydrogens is 371 g/mol. The largest absolute Gasteiger partial charge is 0.452 e. The molecule has 2 amide bonds. The first kappa shape index (κ1) is 18.4. The van der Waals surface area contributed by atoms with Crippen LogP contribution in [0.3, 0.4) is 0 Å². The summed E-state index contributed by atoms with van der Waals surface area (Å²) in [5.74, 6) is -1.34. The molecule has 1 saturated heterocycles. The van der Waals surface area contributed by atoms with E-state index in [9.17, 15) is 22.8 Å². The molecule has 0 spiro atoms. The van der Waals surface area contributed by atoms with E-state index in [0.717, 1.165) is 24.2 Å². The standard InChI is InChI=1S/C16H16F3N3O3S/c1-9-13(21-25-14(9)16(17,18)19)11-4-5-12(26-11)15(24)22-6-2-3-10(7-22)20-8-23/h4-5,8,10H,2-3,6-7H2,1H3,(H,20,23). The number of thiophene rings is 1. The minimum Gasteiger partial charge on any atom is -0.354 e. The van der Waals surface area contributed by atoms with Crippen molar-refractivity contribution < 1.29 is 27.3 Å². The maximum atomic E-state index is 12.8. The lowest BCUT2D eigenvalue weighted by Crippen LogP contribution is -2.47. The zero-order chi connectivity index (χ0) is 18.9. The van der Waals surface area contributed by atoms with Crippen LogP contribution in [0.5, 0.6) is 0 Å². The summed E-state index contributed by atoms with van der Waals surface area (Å²) in [4.78, 5) is 25.7. The Bertz CT molecular complexity index is 815. The van der Waals surface area contributed by atoms with Gasteiger partial charge in [-0.3, -0.25) is 9.59 Å². The topological polar surface area (TPSA) is 75.4 Å². The number of carbonyl (C=O) groups excluding carboxylic acids is 2. The van der Waals surface area contributed by atoms with E-state index in [1.165, 1.54) is 6.92 Å². The van der Waals surface area contributed by atoms with Gasteiger partial charge in [0.2, 0.25) is 12.2 Å². The summed E-state index contributed by atoms with van der Waals surface area (Å²) in [7, 11) is 0. The van der Waals surface area contributed by atoms with Crippen LogP contribution < -0.4 is 5.32 Å². The number of piperidine rings is 1. The van der Waals surface area contributed by atoms with Crippen LogP contribution in [0, 0.1) is 6.92 Å². The van der Waals surface area contributed by atoms with E-state index in [1.54, 1.807) is 17.0 Å². The fourth-order valence-corrected chi connectivity index (χ4v) is 3.97. The summed E-state index contributed by atoms with van der Waals surface area (Å²) in [6.07, 6.45) is -2.42. The maximum absolute atomic E-state index is 12.8. The normalized spacial score (nSPS) is 18.0. The molecule has 3 rings (SSSR count). The van der Waals surface area contributed by atoms with Gasteiger partial charge < -0.3 is 14.7 Å². The average Bonchev–Trinajstić information content (AvgIpc) is 3.20. The Balaban J connectivity index is 1.79. The van der Waals surface area contributed by atoms with Crippen molar-refractivity contribution >= 4 is 23.7 Å². The summed E-state index contributed by atoms with van der Waals surface area (Å²) in [6.45, 7) is 2.27. The number of hydrogen-bond donors (Lipinski definition) is 1. The smallest absolute Gasteiger partial charge is 0.354 e. The highest BCUT2D eigenvalue weighted by Gasteiger charge is 2.39. The lowest BCUT2D eigenvalue weighted by atomic mass is 10.1. The Hall–Kier alpha value is -2.36. The molecule has 1 aliphatic heterocycles. The minimum absolute atomic E-state index is 0.0838. The van der Waals surface area contributed by atoms with Gasteiger partial charge in [-0.25, -0.2) is 0 Å². The highest BCUT2D eigenvalue weighted by atomic mass is 32.1. The number of amides is 2. The maximum Gasteiger partial charge on any atom is 0.452 e. The first-order valence-corrected chi connectivity index (χ1v) is 8.75. The van der Waals surface area contributed by atoms with Crippen molar-refractivity contribution in [1.29, 1.82) is 0 Å². The minimum atomic E-state index is -4.61. The summed E-state index contributed by atoms with van der Waals surface area (Å²) in [6, 6.07) is 3.05. The summed E-state index contributed by atoms with van der Waals surface area (Å²) in [5, 5.41) is 6.19. The van der Waals surface area contributed by atoms with Gasteiger partial charge >= 0.3 is 6.18 Å². The lowest BCUT2D eigenvalue weighted by molar-refractivity contribution is -0.156. The molecule has 0 bridgehead atoms. The van der Waals surface area contributed by atoms with Crippen molar-refractivity contribution in [2.24, 2.45) is 0 Å². The molecule has 1 unspecified atom stereocenters. The van der Waals surface area contributed by atoms with E-state index in [0.29, 0.717) is 29.3 Å². The molecule has 1 fully saturated rings. The Morgan fingerprint density at radius 2 is 2.23 bits per heavy atom. The van der Waals surface area contributed by atoms with Crippen molar-refractivity contribution in [3.05, 3.63) is 28.3 Å². The van der Waals surface area contributed by atoms with Gasteiger partial charge in [-0.1, -0.05) is 5.16 Å². The van der Waals surface area contributed by atoms with Gasteiger partial charge in [-0.15, -0.1) is 11.3 Å². The Labute approximate surface area is 151 Å². The molecule has 2 aromatic rings. The van der Waals surface area contributed by atoms with Crippen LogP contribution in [-0.2, 0) is 11.0 Å². The predicted octanol–water partition coefficient (Wildman–Crippen LogP) is 3.08. The van der Waals surface area contributed by atoms with E-state index >= 15 is 0 Å². The van der Waals surface area contributed by atoms with Gasteiger partial charge in [0.05, 0.1) is 9.75 Å². The SMILES string of the molecule is Cc1c(-c2ccc(C(=O)N3CCCC(NC=O)C3)s2)noc1C(F)(F)F. The van der Waals surface area contributed by atoms with Crippen LogP contribution in [0.4, 0.5) is 13.2 Å². The molecule has 6 nitrogen and oxygen atoms in total. The van der Waals surface area contributed by atoms with E-state index < -0.39 is 11.9 Å².